The maximum atomic E-state index is 13.4. The highest BCUT2D eigenvalue weighted by Gasteiger charge is 2.33. The topological polar surface area (TPSA) is 100 Å². The van der Waals surface area contributed by atoms with Crippen molar-refractivity contribution in [2.24, 2.45) is 5.92 Å². The number of anilines is 1. The summed E-state index contributed by atoms with van der Waals surface area (Å²) in [4.78, 5) is 26.9. The Labute approximate surface area is 216 Å². The molecule has 194 valence electrons. The van der Waals surface area contributed by atoms with Crippen LogP contribution in [0.3, 0.4) is 0 Å². The van der Waals surface area contributed by atoms with E-state index in [1.54, 1.807) is 6.20 Å². The van der Waals surface area contributed by atoms with Crippen molar-refractivity contribution in [2.75, 3.05) is 50.8 Å². The summed E-state index contributed by atoms with van der Waals surface area (Å²) >= 11 is 0. The van der Waals surface area contributed by atoms with E-state index in [0.29, 0.717) is 37.8 Å². The maximum Gasteiger partial charge on any atom is 0.225 e. The van der Waals surface area contributed by atoms with Gasteiger partial charge < -0.3 is 29.7 Å². The second kappa shape index (κ2) is 10.5. The molecule has 2 aromatic heterocycles. The van der Waals surface area contributed by atoms with Gasteiger partial charge in [0.2, 0.25) is 5.91 Å². The van der Waals surface area contributed by atoms with Gasteiger partial charge in [0.05, 0.1) is 34.9 Å². The highest BCUT2D eigenvalue weighted by molar-refractivity contribution is 5.81. The van der Waals surface area contributed by atoms with Crippen LogP contribution in [0.25, 0.3) is 11.0 Å². The molecule has 3 aliphatic heterocycles. The molecule has 2 saturated heterocycles. The lowest BCUT2D eigenvalue weighted by atomic mass is 9.99. The largest absolute Gasteiger partial charge is 0.486 e. The summed E-state index contributed by atoms with van der Waals surface area (Å²) < 4.78 is 11.4. The second-order valence-corrected chi connectivity index (χ2v) is 10.1. The monoisotopic (exact) mass is 503 g/mol. The highest BCUT2D eigenvalue weighted by atomic mass is 16.6. The van der Waals surface area contributed by atoms with Gasteiger partial charge in [-0.15, -0.1) is 0 Å². The van der Waals surface area contributed by atoms with Gasteiger partial charge in [-0.3, -0.25) is 14.8 Å². The predicted molar refractivity (Wildman–Crippen MR) is 140 cm³/mol. The molecule has 0 bridgehead atoms. The van der Waals surface area contributed by atoms with Crippen LogP contribution >= 0.6 is 0 Å². The Bertz CT molecular complexity index is 1260. The zero-order valence-corrected chi connectivity index (χ0v) is 20.9. The normalized spacial score (nSPS) is 21.2. The minimum atomic E-state index is -0.853. The molecule has 0 aliphatic carbocycles. The molecule has 3 aromatic rings. The lowest BCUT2D eigenvalue weighted by molar-refractivity contribution is -0.126. The number of amides is 1. The van der Waals surface area contributed by atoms with Crippen LogP contribution in [0.15, 0.2) is 48.8 Å². The van der Waals surface area contributed by atoms with Crippen LogP contribution in [0.1, 0.15) is 30.9 Å². The number of nitrogens with one attached hydrogen (secondary N) is 1. The van der Waals surface area contributed by atoms with Crippen molar-refractivity contribution in [3.05, 3.63) is 54.4 Å². The van der Waals surface area contributed by atoms with E-state index in [2.05, 4.69) is 25.1 Å². The molecule has 0 saturated carbocycles. The standard InChI is InChI=1S/C28H33N5O4/c34-27(19-5-6-25-26(14-19)37-13-12-36-25)24(18-32-9-1-2-10-32)31-28(35)20-7-11-33(17-20)21-15-23-22(30-16-21)4-3-8-29-23/h3-6,8,14-16,20,24,27,34H,1-2,7,9-13,17-18H2,(H,31,35)/t20-,24-,27-/m1/s1. The Hall–Kier alpha value is -3.43. The Morgan fingerprint density at radius 1 is 1.05 bits per heavy atom. The number of aliphatic hydroxyl groups excluding tert-OH is 1. The van der Waals surface area contributed by atoms with E-state index in [-0.39, 0.29) is 11.8 Å². The van der Waals surface area contributed by atoms with Crippen molar-refractivity contribution in [3.63, 3.8) is 0 Å². The van der Waals surface area contributed by atoms with Gasteiger partial charge in [-0.1, -0.05) is 6.07 Å². The Balaban J connectivity index is 1.15. The van der Waals surface area contributed by atoms with Gasteiger partial charge in [-0.05, 0) is 68.2 Å². The number of aliphatic hydroxyl groups is 1. The minimum absolute atomic E-state index is 0.0184. The number of hydrogen-bond donors (Lipinski definition) is 2. The molecule has 2 N–H and O–H groups in total. The summed E-state index contributed by atoms with van der Waals surface area (Å²) in [6.07, 6.45) is 5.81. The number of hydrogen-bond acceptors (Lipinski definition) is 8. The number of carbonyl (C=O) groups excluding carboxylic acids is 1. The minimum Gasteiger partial charge on any atom is -0.486 e. The number of aromatic nitrogens is 2. The van der Waals surface area contributed by atoms with E-state index in [9.17, 15) is 9.90 Å². The number of fused-ring (bicyclic) bond motifs is 2. The first-order chi connectivity index (χ1) is 18.1. The van der Waals surface area contributed by atoms with E-state index in [1.165, 1.54) is 0 Å². The zero-order chi connectivity index (χ0) is 25.2. The third kappa shape index (κ3) is 5.19. The van der Waals surface area contributed by atoms with Gasteiger partial charge in [-0.2, -0.15) is 0 Å². The van der Waals surface area contributed by atoms with Gasteiger partial charge in [0.25, 0.3) is 0 Å². The summed E-state index contributed by atoms with van der Waals surface area (Å²) in [6, 6.07) is 11.0. The molecular weight excluding hydrogens is 470 g/mol. The van der Waals surface area contributed by atoms with Gasteiger partial charge in [0.15, 0.2) is 11.5 Å². The van der Waals surface area contributed by atoms with E-state index in [4.69, 9.17) is 9.47 Å². The average Bonchev–Trinajstić information content (AvgIpc) is 3.64. The molecule has 5 heterocycles. The van der Waals surface area contributed by atoms with Crippen LogP contribution in [0, 0.1) is 5.92 Å². The molecule has 9 nitrogen and oxygen atoms in total. The number of pyridine rings is 2. The molecule has 0 unspecified atom stereocenters. The Morgan fingerprint density at radius 2 is 1.89 bits per heavy atom. The molecule has 2 fully saturated rings. The van der Waals surface area contributed by atoms with Crippen LogP contribution < -0.4 is 19.7 Å². The highest BCUT2D eigenvalue weighted by Crippen LogP contribution is 2.34. The lowest BCUT2D eigenvalue weighted by Crippen LogP contribution is -2.48. The number of ether oxygens (including phenoxy) is 2. The van der Waals surface area contributed by atoms with E-state index >= 15 is 0 Å². The first kappa shape index (κ1) is 23.9. The summed E-state index contributed by atoms with van der Waals surface area (Å²) in [5.74, 6) is 1.15. The molecule has 6 rings (SSSR count). The van der Waals surface area contributed by atoms with Crippen molar-refractivity contribution in [2.45, 2.75) is 31.4 Å². The summed E-state index contributed by atoms with van der Waals surface area (Å²) in [6.45, 7) is 4.98. The summed E-state index contributed by atoms with van der Waals surface area (Å²) in [5, 5.41) is 14.6. The third-order valence-electron chi connectivity index (χ3n) is 7.63. The summed E-state index contributed by atoms with van der Waals surface area (Å²) in [7, 11) is 0. The molecule has 3 aliphatic rings. The molecule has 9 heteroatoms. The molecule has 0 radical (unpaired) electrons. The number of benzene rings is 1. The fraction of sp³-hybridized carbons (Fsp3) is 0.464. The fourth-order valence-electron chi connectivity index (χ4n) is 5.57. The molecule has 0 spiro atoms. The first-order valence-corrected chi connectivity index (χ1v) is 13.2. The van der Waals surface area contributed by atoms with Gasteiger partial charge in [0, 0.05) is 25.8 Å². The zero-order valence-electron chi connectivity index (χ0n) is 20.9. The number of rotatable bonds is 7. The van der Waals surface area contributed by atoms with E-state index in [1.807, 2.05) is 42.6 Å². The quantitative estimate of drug-likeness (QED) is 0.508. The predicted octanol–water partition coefficient (Wildman–Crippen LogP) is 2.54. The van der Waals surface area contributed by atoms with Crippen LogP contribution in [0.2, 0.25) is 0 Å². The Morgan fingerprint density at radius 3 is 2.76 bits per heavy atom. The second-order valence-electron chi connectivity index (χ2n) is 10.1. The van der Waals surface area contributed by atoms with Crippen LogP contribution in [-0.2, 0) is 4.79 Å². The van der Waals surface area contributed by atoms with Gasteiger partial charge in [-0.25, -0.2) is 0 Å². The summed E-state index contributed by atoms with van der Waals surface area (Å²) in [5.41, 5.74) is 3.40. The van der Waals surface area contributed by atoms with Gasteiger partial charge in [0.1, 0.15) is 19.3 Å². The van der Waals surface area contributed by atoms with Crippen molar-refractivity contribution in [1.29, 1.82) is 0 Å². The molecule has 3 atom stereocenters. The smallest absolute Gasteiger partial charge is 0.225 e. The van der Waals surface area contributed by atoms with E-state index < -0.39 is 12.1 Å². The number of nitrogens with zero attached hydrogens (tertiary/aromatic N) is 4. The number of likely N-dealkylation sites (tertiary alicyclic amines) is 1. The first-order valence-electron chi connectivity index (χ1n) is 13.2. The molecular formula is C28H33N5O4. The van der Waals surface area contributed by atoms with Crippen molar-refractivity contribution in [3.8, 4) is 11.5 Å². The molecule has 1 amide bonds. The molecule has 37 heavy (non-hydrogen) atoms. The van der Waals surface area contributed by atoms with Crippen LogP contribution in [-0.4, -0.2) is 77.9 Å². The SMILES string of the molecule is O=C(N[C@H](CN1CCCC1)[C@H](O)c1ccc2c(c1)OCCO2)[C@@H]1CCN(c2cnc3cccnc3c2)C1. The Kier molecular flexibility index (Phi) is 6.80. The maximum absolute atomic E-state index is 13.4. The van der Waals surface area contributed by atoms with Crippen molar-refractivity contribution < 1.29 is 19.4 Å². The average molecular weight is 504 g/mol. The number of carbonyl (C=O) groups is 1. The van der Waals surface area contributed by atoms with Crippen LogP contribution in [0.5, 0.6) is 11.5 Å². The fourth-order valence-corrected chi connectivity index (χ4v) is 5.57. The van der Waals surface area contributed by atoms with Crippen LogP contribution in [0.4, 0.5) is 5.69 Å². The molecule has 1 aromatic carbocycles. The third-order valence-corrected chi connectivity index (χ3v) is 7.63. The van der Waals surface area contributed by atoms with E-state index in [0.717, 1.165) is 61.2 Å². The van der Waals surface area contributed by atoms with Crippen molar-refractivity contribution in [1.82, 2.24) is 20.2 Å². The van der Waals surface area contributed by atoms with Crippen molar-refractivity contribution >= 4 is 22.6 Å². The van der Waals surface area contributed by atoms with Gasteiger partial charge >= 0.3 is 0 Å². The lowest BCUT2D eigenvalue weighted by Gasteiger charge is -2.30.